The molecule has 2 aromatic heterocycles. The number of carbonyl (C=O) groups excluding carboxylic acids is 3. The minimum absolute atomic E-state index is 0.0386. The molecular formula is C26H26BrN7O5. The molecule has 4 heterocycles. The van der Waals surface area contributed by atoms with E-state index in [-0.39, 0.29) is 36.0 Å². The molecule has 0 bridgehead atoms. The van der Waals surface area contributed by atoms with Crippen LogP contribution in [0, 0.1) is 10.1 Å². The van der Waals surface area contributed by atoms with Crippen molar-refractivity contribution < 1.29 is 19.3 Å². The lowest BCUT2D eigenvalue weighted by Crippen LogP contribution is -2.61. The zero-order valence-electron chi connectivity index (χ0n) is 21.0. The summed E-state index contributed by atoms with van der Waals surface area (Å²) in [6.45, 7) is 6.39. The maximum atomic E-state index is 13.6. The molecule has 0 unspecified atom stereocenters. The van der Waals surface area contributed by atoms with Gasteiger partial charge in [-0.25, -0.2) is 4.98 Å². The smallest absolute Gasteiger partial charge is 0.287 e. The first-order valence-corrected chi connectivity index (χ1v) is 13.2. The highest BCUT2D eigenvalue weighted by atomic mass is 79.9. The number of pyridine rings is 1. The summed E-state index contributed by atoms with van der Waals surface area (Å²) in [4.78, 5) is 58.0. The van der Waals surface area contributed by atoms with Gasteiger partial charge in [-0.2, -0.15) is 0 Å². The number of nitrogens with zero attached hydrogens (tertiary/aromatic N) is 6. The number of carbonyl (C=O) groups is 3. The Hall–Kier alpha value is -4.26. The second kappa shape index (κ2) is 10.8. The molecule has 2 fully saturated rings. The topological polar surface area (TPSA) is 134 Å². The molecule has 2 aliphatic rings. The minimum atomic E-state index is -0.487. The van der Waals surface area contributed by atoms with Crippen LogP contribution in [0.15, 0.2) is 59.9 Å². The van der Waals surface area contributed by atoms with Gasteiger partial charge in [-0.15, -0.1) is 0 Å². The van der Waals surface area contributed by atoms with E-state index in [1.54, 1.807) is 26.6 Å². The van der Waals surface area contributed by atoms with Crippen LogP contribution in [0.1, 0.15) is 10.4 Å². The van der Waals surface area contributed by atoms with Gasteiger partial charge in [-0.05, 0) is 30.3 Å². The van der Waals surface area contributed by atoms with E-state index in [2.05, 4.69) is 32.8 Å². The predicted molar refractivity (Wildman–Crippen MR) is 147 cm³/mol. The molecule has 12 nitrogen and oxygen atoms in total. The first-order valence-electron chi connectivity index (χ1n) is 12.4. The fourth-order valence-electron chi connectivity index (χ4n) is 4.86. The Morgan fingerprint density at radius 1 is 1.13 bits per heavy atom. The van der Waals surface area contributed by atoms with E-state index in [1.807, 2.05) is 23.1 Å². The number of aromatic nitrogens is 2. The van der Waals surface area contributed by atoms with Crippen molar-refractivity contribution in [1.29, 1.82) is 0 Å². The zero-order valence-corrected chi connectivity index (χ0v) is 22.5. The normalized spacial score (nSPS) is 15.7. The van der Waals surface area contributed by atoms with Crippen molar-refractivity contribution in [1.82, 2.24) is 24.7 Å². The van der Waals surface area contributed by atoms with Crippen LogP contribution in [-0.4, -0.2) is 87.3 Å². The lowest BCUT2D eigenvalue weighted by atomic mass is 10.1. The van der Waals surface area contributed by atoms with Crippen molar-refractivity contribution in [2.75, 3.05) is 44.2 Å². The summed E-state index contributed by atoms with van der Waals surface area (Å²) >= 11 is 3.48. The van der Waals surface area contributed by atoms with Crippen LogP contribution in [0.5, 0.6) is 0 Å². The monoisotopic (exact) mass is 595 g/mol. The molecule has 1 N–H and O–H groups in total. The average molecular weight is 596 g/mol. The van der Waals surface area contributed by atoms with E-state index >= 15 is 0 Å². The van der Waals surface area contributed by atoms with E-state index < -0.39 is 4.92 Å². The maximum absolute atomic E-state index is 13.6. The van der Waals surface area contributed by atoms with Gasteiger partial charge in [-0.1, -0.05) is 22.5 Å². The van der Waals surface area contributed by atoms with Gasteiger partial charge >= 0.3 is 0 Å². The van der Waals surface area contributed by atoms with Crippen molar-refractivity contribution in [3.63, 3.8) is 0 Å². The fraction of sp³-hybridized carbons (Fsp3) is 0.308. The molecule has 2 saturated heterocycles. The van der Waals surface area contributed by atoms with E-state index in [1.165, 1.54) is 18.3 Å². The summed E-state index contributed by atoms with van der Waals surface area (Å²) < 4.78 is 2.59. The molecule has 3 aromatic rings. The Morgan fingerprint density at radius 3 is 2.51 bits per heavy atom. The first-order chi connectivity index (χ1) is 18.7. The molecule has 0 radical (unpaired) electrons. The number of hydrogen-bond acceptors (Lipinski definition) is 7. The van der Waals surface area contributed by atoms with Gasteiger partial charge in [0.1, 0.15) is 18.6 Å². The Kier molecular flexibility index (Phi) is 7.33. The van der Waals surface area contributed by atoms with E-state index in [4.69, 9.17) is 0 Å². The Bertz CT molecular complexity index is 1460. The van der Waals surface area contributed by atoms with Crippen molar-refractivity contribution >= 4 is 56.1 Å². The third-order valence-electron chi connectivity index (χ3n) is 6.95. The van der Waals surface area contributed by atoms with Crippen molar-refractivity contribution in [2.45, 2.75) is 12.6 Å². The quantitative estimate of drug-likeness (QED) is 0.251. The van der Waals surface area contributed by atoms with Crippen LogP contribution in [-0.2, 0) is 16.1 Å². The molecule has 39 heavy (non-hydrogen) atoms. The highest BCUT2D eigenvalue weighted by Gasteiger charge is 2.31. The van der Waals surface area contributed by atoms with Gasteiger partial charge in [0, 0.05) is 66.9 Å². The average Bonchev–Trinajstić information content (AvgIpc) is 3.26. The lowest BCUT2D eigenvalue weighted by molar-refractivity contribution is -0.385. The van der Waals surface area contributed by atoms with Crippen LogP contribution >= 0.6 is 15.9 Å². The molecule has 1 aromatic carbocycles. The largest absolute Gasteiger partial charge is 0.353 e. The number of amides is 3. The summed E-state index contributed by atoms with van der Waals surface area (Å²) in [5.41, 5.74) is 1.20. The van der Waals surface area contributed by atoms with Crippen molar-refractivity contribution in [3.05, 3.63) is 75.5 Å². The molecule has 0 atom stereocenters. The zero-order chi connectivity index (χ0) is 27.7. The standard InChI is InChI=1S/C26H26BrN7O5/c1-2-25(36)33-13-18(14-33)29-24(35)16-32-15-21(20-11-17(27)3-5-22(20)32)26(37)31-9-7-30(8-10-31)23-6-4-19(12-28-23)34(38)39/h2-6,11-12,15,18H,1,7-10,13-14,16H2,(H,29,35). The number of rotatable bonds is 7. The number of nitrogens with one attached hydrogen (secondary N) is 1. The summed E-state index contributed by atoms with van der Waals surface area (Å²) in [5, 5.41) is 14.6. The van der Waals surface area contributed by atoms with Gasteiger partial charge in [0.25, 0.3) is 11.6 Å². The van der Waals surface area contributed by atoms with Gasteiger partial charge in [-0.3, -0.25) is 24.5 Å². The second-order valence-electron chi connectivity index (χ2n) is 9.45. The summed E-state index contributed by atoms with van der Waals surface area (Å²) in [5.74, 6) is 0.137. The third-order valence-corrected chi connectivity index (χ3v) is 7.45. The van der Waals surface area contributed by atoms with Crippen LogP contribution in [0.3, 0.4) is 0 Å². The van der Waals surface area contributed by atoms with Crippen LogP contribution < -0.4 is 10.2 Å². The number of anilines is 1. The second-order valence-corrected chi connectivity index (χ2v) is 10.4. The SMILES string of the molecule is C=CC(=O)N1CC(NC(=O)Cn2cc(C(=O)N3CCN(c4ccc([N+](=O)[O-])cn4)CC3)c3cc(Br)ccc32)C1. The molecular weight excluding hydrogens is 570 g/mol. The molecule has 0 spiro atoms. The van der Waals surface area contributed by atoms with Crippen LogP contribution in [0.2, 0.25) is 0 Å². The number of nitro groups is 1. The molecule has 202 valence electrons. The maximum Gasteiger partial charge on any atom is 0.287 e. The van der Waals surface area contributed by atoms with Crippen LogP contribution in [0.25, 0.3) is 10.9 Å². The molecule has 0 saturated carbocycles. The number of halogens is 1. The number of fused-ring (bicyclic) bond motifs is 1. The fourth-order valence-corrected chi connectivity index (χ4v) is 5.22. The molecule has 13 heteroatoms. The summed E-state index contributed by atoms with van der Waals surface area (Å²) in [6, 6.07) is 8.54. The summed E-state index contributed by atoms with van der Waals surface area (Å²) in [7, 11) is 0. The van der Waals surface area contributed by atoms with E-state index in [0.29, 0.717) is 50.6 Å². The molecule has 2 aliphatic heterocycles. The predicted octanol–water partition coefficient (Wildman–Crippen LogP) is 2.18. The Morgan fingerprint density at radius 2 is 1.87 bits per heavy atom. The first kappa shape index (κ1) is 26.4. The molecule has 5 rings (SSSR count). The van der Waals surface area contributed by atoms with E-state index in [0.717, 1.165) is 15.4 Å². The van der Waals surface area contributed by atoms with E-state index in [9.17, 15) is 24.5 Å². The Labute approximate surface area is 232 Å². The van der Waals surface area contributed by atoms with Gasteiger partial charge < -0.3 is 24.6 Å². The highest BCUT2D eigenvalue weighted by molar-refractivity contribution is 9.10. The summed E-state index contributed by atoms with van der Waals surface area (Å²) in [6.07, 6.45) is 4.21. The van der Waals surface area contributed by atoms with Crippen LogP contribution in [0.4, 0.5) is 11.5 Å². The number of piperazine rings is 1. The minimum Gasteiger partial charge on any atom is -0.353 e. The van der Waals surface area contributed by atoms with Gasteiger partial charge in [0.2, 0.25) is 11.8 Å². The molecule has 3 amide bonds. The number of likely N-dealkylation sites (tertiary alicyclic amines) is 1. The van der Waals surface area contributed by atoms with Gasteiger partial charge in [0.05, 0.1) is 16.5 Å². The van der Waals surface area contributed by atoms with Crippen molar-refractivity contribution in [2.24, 2.45) is 0 Å². The van der Waals surface area contributed by atoms with Gasteiger partial charge in [0.15, 0.2) is 0 Å². The lowest BCUT2D eigenvalue weighted by Gasteiger charge is -2.38. The third kappa shape index (κ3) is 5.48. The van der Waals surface area contributed by atoms with Crippen molar-refractivity contribution in [3.8, 4) is 0 Å². The molecule has 0 aliphatic carbocycles. The Balaban J connectivity index is 1.26. The number of hydrogen-bond donors (Lipinski definition) is 1. The number of benzene rings is 1. The highest BCUT2D eigenvalue weighted by Crippen LogP contribution is 2.27.